The minimum absolute atomic E-state index is 0.0890. The Balaban J connectivity index is 0.000000727. The molecule has 1 aromatic heterocycles. The van der Waals surface area contributed by atoms with Crippen LogP contribution in [0.4, 0.5) is 22.0 Å². The molecule has 0 bridgehead atoms. The van der Waals surface area contributed by atoms with Gasteiger partial charge in [-0.15, -0.1) is 0 Å². The number of amides is 1. The second kappa shape index (κ2) is 21.0. The molecular weight excluding hydrogens is 805 g/mol. The number of alkyl halides is 3. The molecule has 0 unspecified atom stereocenters. The van der Waals surface area contributed by atoms with E-state index in [1.807, 2.05) is 54.8 Å². The van der Waals surface area contributed by atoms with Crippen molar-refractivity contribution in [2.75, 3.05) is 13.1 Å². The molecule has 2 atom stereocenters. The van der Waals surface area contributed by atoms with E-state index < -0.39 is 47.5 Å². The van der Waals surface area contributed by atoms with Gasteiger partial charge in [-0.2, -0.15) is 13.2 Å². The van der Waals surface area contributed by atoms with Gasteiger partial charge >= 0.3 is 18.1 Å². The smallest absolute Gasteiger partial charge is 0.416 e. The number of pyridine rings is 1. The van der Waals surface area contributed by atoms with E-state index in [4.69, 9.17) is 20.4 Å². The Morgan fingerprint density at radius 2 is 1.30 bits per heavy atom. The lowest BCUT2D eigenvalue weighted by Gasteiger charge is -2.29. The number of carbonyl (C=O) groups excluding carboxylic acids is 1. The van der Waals surface area contributed by atoms with E-state index in [-0.39, 0.29) is 48.9 Å². The molecule has 326 valence electrons. The van der Waals surface area contributed by atoms with Gasteiger partial charge in [-0.3, -0.25) is 14.5 Å². The van der Waals surface area contributed by atoms with Gasteiger partial charge in [-0.1, -0.05) is 68.4 Å². The number of rotatable bonds is 16. The number of carboxylic acid groups (broad SMARTS) is 2. The lowest BCUT2D eigenvalue weighted by Crippen LogP contribution is -2.39. The van der Waals surface area contributed by atoms with Crippen LogP contribution in [0.1, 0.15) is 55.6 Å². The van der Waals surface area contributed by atoms with Crippen molar-refractivity contribution in [3.8, 4) is 11.1 Å². The maximum atomic E-state index is 14.6. The lowest BCUT2D eigenvalue weighted by molar-refractivity contribution is -0.165. The van der Waals surface area contributed by atoms with Crippen molar-refractivity contribution in [2.24, 2.45) is 0 Å². The first-order chi connectivity index (χ1) is 28.7. The third-order valence-electron chi connectivity index (χ3n) is 10.1. The van der Waals surface area contributed by atoms with Crippen molar-refractivity contribution in [1.82, 2.24) is 14.4 Å². The second-order valence-electron chi connectivity index (χ2n) is 14.6. The van der Waals surface area contributed by atoms with Crippen LogP contribution >= 0.6 is 0 Å². The van der Waals surface area contributed by atoms with Crippen LogP contribution in [0.3, 0.4) is 0 Å². The van der Waals surface area contributed by atoms with Crippen LogP contribution < -0.4 is 5.43 Å². The lowest BCUT2D eigenvalue weighted by atomic mass is 10.0. The number of hydrogen-bond donors (Lipinski definition) is 4. The largest absolute Gasteiger partial charge is 0.479 e. The summed E-state index contributed by atoms with van der Waals surface area (Å²) in [5.74, 6) is -5.61. The van der Waals surface area contributed by atoms with Gasteiger partial charge in [-0.05, 0) is 97.9 Å². The molecule has 11 nitrogen and oxygen atoms in total. The van der Waals surface area contributed by atoms with E-state index in [1.165, 1.54) is 30.3 Å². The number of fused-ring (bicyclic) bond motifs is 1. The molecule has 1 heterocycles. The first-order valence-corrected chi connectivity index (χ1v) is 19.4. The summed E-state index contributed by atoms with van der Waals surface area (Å²) in [5, 5.41) is 33.0. The maximum absolute atomic E-state index is 14.6. The number of carbonyl (C=O) groups is 3. The molecule has 0 radical (unpaired) electrons. The van der Waals surface area contributed by atoms with Crippen LogP contribution in [-0.4, -0.2) is 84.0 Å². The normalized spacial score (nSPS) is 12.5. The standard InChI is InChI=1S/C41H42F5N3O2.C4H6O6/c1-5-47(6-2)24-29-12-21-35-37(22-29)49(34(23-38(35)50)20-17-32-8-7-9-36(42)40(32)43)26-39(51)48(27(3)4)25-28-10-13-30(14-11-28)31-15-18-33(19-16-31)41(44,45)46;5-1(3(7)8)2(6)4(9)10/h7-16,18-19,21-23,27H,5-6,17,20,24-26H2,1-4H3;1-2,5-6H,(H,7,8)(H,9,10)/t;1-,2-/m.1/s1. The molecule has 4 aromatic carbocycles. The van der Waals surface area contributed by atoms with Crippen LogP contribution in [0.2, 0.25) is 0 Å². The second-order valence-corrected chi connectivity index (χ2v) is 14.6. The van der Waals surface area contributed by atoms with Crippen LogP contribution in [-0.2, 0) is 53.0 Å². The van der Waals surface area contributed by atoms with Gasteiger partial charge in [0.1, 0.15) is 6.54 Å². The minimum Gasteiger partial charge on any atom is -0.479 e. The zero-order valence-corrected chi connectivity index (χ0v) is 34.0. The molecule has 4 N–H and O–H groups in total. The summed E-state index contributed by atoms with van der Waals surface area (Å²) in [6.45, 7) is 10.5. The van der Waals surface area contributed by atoms with E-state index in [0.29, 0.717) is 28.7 Å². The molecule has 5 rings (SSSR count). The van der Waals surface area contributed by atoms with Crippen molar-refractivity contribution >= 4 is 28.7 Å². The minimum atomic E-state index is -4.41. The first kappa shape index (κ1) is 47.7. The molecule has 0 saturated carbocycles. The Hall–Kier alpha value is -5.97. The summed E-state index contributed by atoms with van der Waals surface area (Å²) < 4.78 is 69.6. The van der Waals surface area contributed by atoms with E-state index in [9.17, 15) is 41.1 Å². The number of aryl methyl sites for hydroxylation is 2. The molecule has 0 aliphatic heterocycles. The third kappa shape index (κ3) is 12.5. The third-order valence-corrected chi connectivity index (χ3v) is 10.1. The predicted octanol–water partition coefficient (Wildman–Crippen LogP) is 6.91. The summed E-state index contributed by atoms with van der Waals surface area (Å²) in [6.07, 6.45) is -8.62. The van der Waals surface area contributed by atoms with Crippen LogP contribution in [0.5, 0.6) is 0 Å². The highest BCUT2D eigenvalue weighted by Gasteiger charge is 2.30. The fourth-order valence-electron chi connectivity index (χ4n) is 6.58. The zero-order valence-electron chi connectivity index (χ0n) is 34.0. The van der Waals surface area contributed by atoms with Crippen LogP contribution in [0.15, 0.2) is 95.8 Å². The zero-order chi connectivity index (χ0) is 45.2. The Morgan fingerprint density at radius 3 is 1.82 bits per heavy atom. The predicted molar refractivity (Wildman–Crippen MR) is 218 cm³/mol. The van der Waals surface area contributed by atoms with E-state index in [1.54, 1.807) is 11.0 Å². The van der Waals surface area contributed by atoms with E-state index in [2.05, 4.69) is 18.7 Å². The molecule has 0 aliphatic rings. The number of benzene rings is 4. The average Bonchev–Trinajstić information content (AvgIpc) is 3.22. The van der Waals surface area contributed by atoms with Gasteiger partial charge < -0.3 is 29.9 Å². The Bertz CT molecular complexity index is 2340. The molecular formula is C45H48F5N3O8. The van der Waals surface area contributed by atoms with Crippen LogP contribution in [0.25, 0.3) is 22.0 Å². The summed E-state index contributed by atoms with van der Waals surface area (Å²) in [6, 6.07) is 23.3. The Morgan fingerprint density at radius 1 is 0.738 bits per heavy atom. The number of carboxylic acids is 2. The van der Waals surface area contributed by atoms with Gasteiger partial charge in [0.25, 0.3) is 0 Å². The van der Waals surface area contributed by atoms with Gasteiger partial charge in [0.05, 0.1) is 11.1 Å². The van der Waals surface area contributed by atoms with Crippen LogP contribution in [0, 0.1) is 11.6 Å². The maximum Gasteiger partial charge on any atom is 0.416 e. The highest BCUT2D eigenvalue weighted by Crippen LogP contribution is 2.31. The number of aliphatic hydroxyl groups excluding tert-OH is 2. The SMILES string of the molecule is CCN(CC)Cc1ccc2c(=O)cc(CCc3cccc(F)c3F)n(CC(=O)N(Cc3ccc(-c4ccc(C(F)(F)F)cc4)cc3)C(C)C)c2c1.O=C(O)[C@H](O)[C@@H](O)C(=O)O. The highest BCUT2D eigenvalue weighted by molar-refractivity contribution is 5.84. The molecule has 0 aliphatic carbocycles. The first-order valence-electron chi connectivity index (χ1n) is 19.4. The van der Waals surface area contributed by atoms with Crippen molar-refractivity contribution in [1.29, 1.82) is 0 Å². The van der Waals surface area contributed by atoms with Gasteiger partial charge in [0.2, 0.25) is 5.91 Å². The highest BCUT2D eigenvalue weighted by atomic mass is 19.4. The van der Waals surface area contributed by atoms with Gasteiger partial charge in [-0.25, -0.2) is 18.4 Å². The fraction of sp³-hybridized carbons (Fsp3) is 0.333. The van der Waals surface area contributed by atoms with Gasteiger partial charge in [0.15, 0.2) is 29.3 Å². The Kier molecular flexibility index (Phi) is 16.4. The summed E-state index contributed by atoms with van der Waals surface area (Å²) in [5.41, 5.74) is 3.58. The van der Waals surface area contributed by atoms with Crippen molar-refractivity contribution in [3.05, 3.63) is 141 Å². The van der Waals surface area contributed by atoms with Crippen molar-refractivity contribution in [3.63, 3.8) is 0 Å². The molecule has 5 aromatic rings. The number of aromatic nitrogens is 1. The number of hydrogen-bond acceptors (Lipinski definition) is 7. The molecule has 0 saturated heterocycles. The quantitative estimate of drug-likeness (QED) is 0.0774. The molecule has 16 heteroatoms. The van der Waals surface area contributed by atoms with Gasteiger partial charge in [0, 0.05) is 36.3 Å². The Labute approximate surface area is 348 Å². The summed E-state index contributed by atoms with van der Waals surface area (Å²) >= 11 is 0. The molecule has 0 fully saturated rings. The number of halogens is 5. The number of aliphatic carboxylic acids is 2. The van der Waals surface area contributed by atoms with Crippen molar-refractivity contribution in [2.45, 2.75) is 84.6 Å². The monoisotopic (exact) mass is 853 g/mol. The van der Waals surface area contributed by atoms with E-state index >= 15 is 0 Å². The number of nitrogens with zero attached hydrogens (tertiary/aromatic N) is 3. The molecule has 0 spiro atoms. The summed E-state index contributed by atoms with van der Waals surface area (Å²) in [4.78, 5) is 51.1. The molecule has 61 heavy (non-hydrogen) atoms. The topological polar surface area (TPSA) is 161 Å². The van der Waals surface area contributed by atoms with Crippen molar-refractivity contribution < 1.29 is 56.8 Å². The summed E-state index contributed by atoms with van der Waals surface area (Å²) in [7, 11) is 0. The molecule has 1 amide bonds. The fourth-order valence-corrected chi connectivity index (χ4v) is 6.58. The average molecular weight is 854 g/mol. The number of aliphatic hydroxyl groups is 2. The van der Waals surface area contributed by atoms with E-state index in [0.717, 1.165) is 48.0 Å².